The van der Waals surface area contributed by atoms with Gasteiger partial charge in [-0.3, -0.25) is 20.5 Å². The topological polar surface area (TPSA) is 80.7 Å². The Morgan fingerprint density at radius 2 is 1.90 bits per heavy atom. The van der Waals surface area contributed by atoms with Gasteiger partial charge in [0.25, 0.3) is 5.91 Å². The molecule has 3 N–H and O–H groups in total. The van der Waals surface area contributed by atoms with Gasteiger partial charge in [0.1, 0.15) is 11.4 Å². The predicted molar refractivity (Wildman–Crippen MR) is 127 cm³/mol. The lowest BCUT2D eigenvalue weighted by Crippen LogP contribution is -2.40. The first-order valence-electron chi connectivity index (χ1n) is 9.92. The molecule has 0 saturated heterocycles. The van der Waals surface area contributed by atoms with Crippen molar-refractivity contribution in [2.75, 3.05) is 40.8 Å². The Morgan fingerprint density at radius 3 is 2.52 bits per heavy atom. The fourth-order valence-electron chi connectivity index (χ4n) is 3.03. The molecular formula is C22H28ClN5O2S. The zero-order chi connectivity index (χ0) is 22.6. The Balaban J connectivity index is 1.60. The third-order valence-corrected chi connectivity index (χ3v) is 6.20. The largest absolute Gasteiger partial charge is 0.358 e. The lowest BCUT2D eigenvalue weighted by atomic mass is 10.0. The summed E-state index contributed by atoms with van der Waals surface area (Å²) in [5, 5.41) is 11.3. The van der Waals surface area contributed by atoms with Crippen LogP contribution in [0.15, 0.2) is 42.5 Å². The number of benzene rings is 1. The molecule has 1 aromatic carbocycles. The number of amidine groups is 1. The fraction of sp³-hybridized carbons (Fsp3) is 0.364. The molecule has 1 atom stereocenters. The molecule has 0 aliphatic carbocycles. The highest BCUT2D eigenvalue weighted by Crippen LogP contribution is 2.26. The van der Waals surface area contributed by atoms with Crippen molar-refractivity contribution >= 4 is 40.4 Å². The van der Waals surface area contributed by atoms with Crippen LogP contribution in [-0.2, 0) is 4.84 Å². The number of amides is 1. The Labute approximate surface area is 192 Å². The second kappa shape index (κ2) is 9.82. The number of carbonyl (C=O) groups is 1. The van der Waals surface area contributed by atoms with E-state index < -0.39 is 5.60 Å². The first kappa shape index (κ1) is 23.3. The van der Waals surface area contributed by atoms with Gasteiger partial charge in [0.15, 0.2) is 0 Å². The fourth-order valence-corrected chi connectivity index (χ4v) is 3.99. The Bertz CT molecular complexity index is 973. The van der Waals surface area contributed by atoms with Crippen molar-refractivity contribution < 1.29 is 9.63 Å². The van der Waals surface area contributed by atoms with E-state index in [1.807, 2.05) is 63.3 Å². The van der Waals surface area contributed by atoms with Crippen LogP contribution >= 0.6 is 22.9 Å². The molecular weight excluding hydrogens is 434 g/mol. The molecule has 1 unspecified atom stereocenters. The van der Waals surface area contributed by atoms with Crippen LogP contribution < -0.4 is 10.8 Å². The second-order valence-corrected chi connectivity index (χ2v) is 9.73. The van der Waals surface area contributed by atoms with E-state index >= 15 is 0 Å². The molecule has 2 aromatic rings. The van der Waals surface area contributed by atoms with Gasteiger partial charge in [-0.1, -0.05) is 35.9 Å². The first-order chi connectivity index (χ1) is 14.7. The molecule has 1 aliphatic heterocycles. The number of rotatable bonds is 8. The lowest BCUT2D eigenvalue weighted by molar-refractivity contribution is -0.0194. The molecule has 0 spiro atoms. The average Bonchev–Trinajstić information content (AvgIpc) is 3.36. The number of hydrogen-bond acceptors (Lipinski definition) is 6. The summed E-state index contributed by atoms with van der Waals surface area (Å²) in [6.45, 7) is 3.89. The van der Waals surface area contributed by atoms with Crippen molar-refractivity contribution in [3.05, 3.63) is 62.8 Å². The minimum atomic E-state index is -0.677. The maximum Gasteiger partial charge on any atom is 0.261 e. The number of nitrogens with one attached hydrogen (secondary N) is 3. The van der Waals surface area contributed by atoms with E-state index in [1.165, 1.54) is 11.3 Å². The van der Waals surface area contributed by atoms with Crippen molar-refractivity contribution in [3.8, 4) is 0 Å². The van der Waals surface area contributed by atoms with Crippen LogP contribution in [0.4, 0.5) is 0 Å². The molecule has 9 heteroatoms. The molecule has 0 bridgehead atoms. The van der Waals surface area contributed by atoms with Crippen LogP contribution in [0.1, 0.15) is 27.7 Å². The lowest BCUT2D eigenvalue weighted by Gasteiger charge is -2.22. The van der Waals surface area contributed by atoms with Crippen molar-refractivity contribution in [3.63, 3.8) is 0 Å². The van der Waals surface area contributed by atoms with Crippen LogP contribution in [0, 0.1) is 5.41 Å². The van der Waals surface area contributed by atoms with Crippen LogP contribution in [0.3, 0.4) is 0 Å². The number of thiophene rings is 1. The summed E-state index contributed by atoms with van der Waals surface area (Å²) in [5.74, 6) is 0.309. The molecule has 0 radical (unpaired) electrons. The van der Waals surface area contributed by atoms with Crippen LogP contribution in [-0.4, -0.2) is 67.9 Å². The van der Waals surface area contributed by atoms with E-state index in [-0.39, 0.29) is 5.91 Å². The van der Waals surface area contributed by atoms with Gasteiger partial charge in [-0.2, -0.15) is 0 Å². The Morgan fingerprint density at radius 1 is 1.19 bits per heavy atom. The monoisotopic (exact) mass is 461 g/mol. The summed E-state index contributed by atoms with van der Waals surface area (Å²) in [5.41, 5.74) is 4.92. The summed E-state index contributed by atoms with van der Waals surface area (Å²) in [6.07, 6.45) is 1.96. The average molecular weight is 462 g/mol. The molecule has 0 fully saturated rings. The van der Waals surface area contributed by atoms with E-state index in [0.29, 0.717) is 21.6 Å². The number of hydroxylamine groups is 1. The first-order valence-corrected chi connectivity index (χ1v) is 11.1. The summed E-state index contributed by atoms with van der Waals surface area (Å²) in [4.78, 5) is 22.6. The highest BCUT2D eigenvalue weighted by atomic mass is 35.5. The van der Waals surface area contributed by atoms with Gasteiger partial charge in [-0.05, 0) is 44.8 Å². The highest BCUT2D eigenvalue weighted by Gasteiger charge is 2.31. The van der Waals surface area contributed by atoms with Gasteiger partial charge < -0.3 is 15.1 Å². The summed E-state index contributed by atoms with van der Waals surface area (Å²) in [6, 6.07) is 11.2. The Kier molecular flexibility index (Phi) is 7.38. The standard InChI is InChI=1S/C22H28ClN5O2S/c1-22(14-25-21(29)18-9-10-19(23)31-18)13-17(26-30-22)15-5-7-16(8-6-15)20(24)28(4)12-11-27(2)3/h5-10,13,24,26H,11-12,14H2,1-4H3,(H,25,29). The van der Waals surface area contributed by atoms with Crippen molar-refractivity contribution in [2.45, 2.75) is 12.5 Å². The van der Waals surface area contributed by atoms with E-state index in [1.54, 1.807) is 12.1 Å². The molecule has 7 nitrogen and oxygen atoms in total. The number of carbonyl (C=O) groups excluding carboxylic acids is 1. The van der Waals surface area contributed by atoms with Crippen LogP contribution in [0.5, 0.6) is 0 Å². The van der Waals surface area contributed by atoms with Crippen LogP contribution in [0.25, 0.3) is 5.70 Å². The third-order valence-electron chi connectivity index (χ3n) is 4.97. The normalized spacial score (nSPS) is 17.9. The van der Waals surface area contributed by atoms with Gasteiger partial charge >= 0.3 is 0 Å². The van der Waals surface area contributed by atoms with Gasteiger partial charge in [0.05, 0.1) is 21.5 Å². The molecule has 1 amide bonds. The maximum atomic E-state index is 12.3. The number of hydrogen-bond donors (Lipinski definition) is 3. The van der Waals surface area contributed by atoms with E-state index in [2.05, 4.69) is 15.7 Å². The minimum absolute atomic E-state index is 0.176. The molecule has 0 saturated carbocycles. The summed E-state index contributed by atoms with van der Waals surface area (Å²) in [7, 11) is 5.97. The van der Waals surface area contributed by atoms with E-state index in [0.717, 1.165) is 29.9 Å². The Hall–Kier alpha value is -2.39. The minimum Gasteiger partial charge on any atom is -0.358 e. The smallest absolute Gasteiger partial charge is 0.261 e. The second-order valence-electron chi connectivity index (χ2n) is 8.01. The van der Waals surface area contributed by atoms with E-state index in [4.69, 9.17) is 21.8 Å². The maximum absolute atomic E-state index is 12.3. The van der Waals surface area contributed by atoms with Gasteiger partial charge in [0, 0.05) is 25.7 Å². The zero-order valence-electron chi connectivity index (χ0n) is 18.2. The molecule has 1 aliphatic rings. The van der Waals surface area contributed by atoms with Crippen molar-refractivity contribution in [1.29, 1.82) is 5.41 Å². The van der Waals surface area contributed by atoms with E-state index in [9.17, 15) is 4.79 Å². The molecule has 3 rings (SSSR count). The van der Waals surface area contributed by atoms with Crippen molar-refractivity contribution in [2.24, 2.45) is 0 Å². The molecule has 166 valence electrons. The predicted octanol–water partition coefficient (Wildman–Crippen LogP) is 3.28. The number of halogens is 1. The molecule has 1 aromatic heterocycles. The highest BCUT2D eigenvalue weighted by molar-refractivity contribution is 7.18. The quantitative estimate of drug-likeness (QED) is 0.415. The third kappa shape index (κ3) is 6.07. The van der Waals surface area contributed by atoms with Crippen LogP contribution in [0.2, 0.25) is 4.34 Å². The molecule has 31 heavy (non-hydrogen) atoms. The van der Waals surface area contributed by atoms with Gasteiger partial charge in [-0.25, -0.2) is 0 Å². The summed E-state index contributed by atoms with van der Waals surface area (Å²) < 4.78 is 0.581. The van der Waals surface area contributed by atoms with Gasteiger partial charge in [-0.15, -0.1) is 11.3 Å². The number of likely N-dealkylation sites (N-methyl/N-ethyl adjacent to an activating group) is 2. The summed E-state index contributed by atoms with van der Waals surface area (Å²) >= 11 is 7.14. The zero-order valence-corrected chi connectivity index (χ0v) is 19.7. The SMILES string of the molecule is CN(C)CCN(C)C(=N)c1ccc(C2=CC(C)(CNC(=O)c3ccc(Cl)s3)ON2)cc1. The molecule has 2 heterocycles. The number of nitrogens with zero attached hydrogens (tertiary/aromatic N) is 2. The van der Waals surface area contributed by atoms with Crippen molar-refractivity contribution in [1.82, 2.24) is 20.6 Å². The van der Waals surface area contributed by atoms with Gasteiger partial charge in [0.2, 0.25) is 0 Å².